The quantitative estimate of drug-likeness (QED) is 0.756. The Morgan fingerprint density at radius 3 is 2.00 bits per heavy atom. The molecule has 1 N–H and O–H groups in total. The van der Waals surface area contributed by atoms with Gasteiger partial charge in [-0.3, -0.25) is 4.79 Å². The fraction of sp³-hybridized carbons (Fsp3) is 0.222. The summed E-state index contributed by atoms with van der Waals surface area (Å²) in [5.41, 5.74) is -2.42. The number of hydrogen-bond acceptors (Lipinski definition) is 1. The molecule has 106 valence electrons. The third-order valence-electron chi connectivity index (χ3n) is 1.87. The molecular formula is C9H3BrF7NO. The van der Waals surface area contributed by atoms with E-state index in [-0.39, 0.29) is 6.07 Å². The Balaban J connectivity index is 3.16. The number of alkyl halides is 6. The van der Waals surface area contributed by atoms with Gasteiger partial charge in [-0.05, 0) is 28.1 Å². The largest absolute Gasteiger partial charge is 0.471 e. The van der Waals surface area contributed by atoms with E-state index in [4.69, 9.17) is 0 Å². The van der Waals surface area contributed by atoms with Crippen LogP contribution in [0.1, 0.15) is 5.56 Å². The van der Waals surface area contributed by atoms with E-state index >= 15 is 0 Å². The SMILES string of the molecule is O=C(Nc1c(F)cc(C(F)(F)F)cc1Br)C(F)(F)F. The Morgan fingerprint density at radius 2 is 1.63 bits per heavy atom. The van der Waals surface area contributed by atoms with Gasteiger partial charge in [-0.2, -0.15) is 26.3 Å². The second kappa shape index (κ2) is 4.99. The lowest BCUT2D eigenvalue weighted by atomic mass is 10.2. The summed E-state index contributed by atoms with van der Waals surface area (Å²) < 4.78 is 85.3. The highest BCUT2D eigenvalue weighted by atomic mass is 79.9. The second-order valence-electron chi connectivity index (χ2n) is 3.26. The molecule has 1 aromatic carbocycles. The lowest BCUT2D eigenvalue weighted by Crippen LogP contribution is -2.30. The second-order valence-corrected chi connectivity index (χ2v) is 4.12. The van der Waals surface area contributed by atoms with Crippen LogP contribution in [0, 0.1) is 5.82 Å². The standard InChI is InChI=1S/C9H3BrF7NO/c10-4-1-3(8(12,13)14)2-5(11)6(4)18-7(19)9(15,16)17/h1-2H,(H,18,19). The first-order valence-electron chi connectivity index (χ1n) is 4.37. The van der Waals surface area contributed by atoms with Crippen LogP contribution in [0.4, 0.5) is 36.4 Å². The monoisotopic (exact) mass is 353 g/mol. The van der Waals surface area contributed by atoms with Crippen molar-refractivity contribution >= 4 is 27.5 Å². The summed E-state index contributed by atoms with van der Waals surface area (Å²) in [4.78, 5) is 10.6. The molecule has 0 saturated carbocycles. The maximum Gasteiger partial charge on any atom is 0.471 e. The van der Waals surface area contributed by atoms with E-state index < -0.39 is 39.8 Å². The first-order chi connectivity index (χ1) is 8.43. The fourth-order valence-corrected chi connectivity index (χ4v) is 1.58. The van der Waals surface area contributed by atoms with Gasteiger partial charge < -0.3 is 5.32 Å². The average molecular weight is 354 g/mol. The highest BCUT2D eigenvalue weighted by Crippen LogP contribution is 2.36. The Bertz CT molecular complexity index is 485. The Kier molecular flexibility index (Phi) is 4.13. The maximum atomic E-state index is 13.3. The van der Waals surface area contributed by atoms with Gasteiger partial charge in [-0.15, -0.1) is 0 Å². The highest BCUT2D eigenvalue weighted by molar-refractivity contribution is 9.10. The van der Waals surface area contributed by atoms with Crippen LogP contribution in [0.25, 0.3) is 0 Å². The third kappa shape index (κ3) is 3.82. The molecule has 0 aliphatic carbocycles. The van der Waals surface area contributed by atoms with Gasteiger partial charge in [-0.1, -0.05) is 0 Å². The smallest absolute Gasteiger partial charge is 0.315 e. The molecule has 0 bridgehead atoms. The van der Waals surface area contributed by atoms with Crippen LogP contribution in [-0.4, -0.2) is 12.1 Å². The lowest BCUT2D eigenvalue weighted by Gasteiger charge is -2.13. The van der Waals surface area contributed by atoms with Crippen LogP contribution in [0.5, 0.6) is 0 Å². The van der Waals surface area contributed by atoms with Crippen molar-refractivity contribution in [1.29, 1.82) is 0 Å². The number of halogens is 8. The van der Waals surface area contributed by atoms with Crippen LogP contribution in [0.3, 0.4) is 0 Å². The molecule has 1 amide bonds. The molecule has 10 heteroatoms. The van der Waals surface area contributed by atoms with Gasteiger partial charge in [-0.25, -0.2) is 4.39 Å². The topological polar surface area (TPSA) is 29.1 Å². The van der Waals surface area contributed by atoms with Crippen LogP contribution >= 0.6 is 15.9 Å². The minimum absolute atomic E-state index is 0.0171. The molecule has 0 atom stereocenters. The zero-order valence-electron chi connectivity index (χ0n) is 8.59. The zero-order valence-corrected chi connectivity index (χ0v) is 10.2. The van der Waals surface area contributed by atoms with E-state index in [2.05, 4.69) is 15.9 Å². The molecule has 0 fully saturated rings. The predicted molar refractivity (Wildman–Crippen MR) is 53.8 cm³/mol. The van der Waals surface area contributed by atoms with Crippen molar-refractivity contribution in [2.75, 3.05) is 5.32 Å². The predicted octanol–water partition coefficient (Wildman–Crippen LogP) is 4.11. The molecule has 0 unspecified atom stereocenters. The molecular weight excluding hydrogens is 351 g/mol. The van der Waals surface area contributed by atoms with E-state index in [9.17, 15) is 35.5 Å². The number of nitrogens with one attached hydrogen (secondary N) is 1. The Labute approximate surface area is 109 Å². The van der Waals surface area contributed by atoms with Gasteiger partial charge in [0.1, 0.15) is 5.82 Å². The number of anilines is 1. The van der Waals surface area contributed by atoms with Crippen molar-refractivity contribution < 1.29 is 35.5 Å². The van der Waals surface area contributed by atoms with Crippen molar-refractivity contribution in [1.82, 2.24) is 0 Å². The molecule has 2 nitrogen and oxygen atoms in total. The van der Waals surface area contributed by atoms with Crippen LogP contribution < -0.4 is 5.32 Å². The Hall–Kier alpha value is -1.32. The van der Waals surface area contributed by atoms with Gasteiger partial charge in [0.25, 0.3) is 0 Å². The van der Waals surface area contributed by atoms with Crippen molar-refractivity contribution in [3.63, 3.8) is 0 Å². The fourth-order valence-electron chi connectivity index (χ4n) is 1.04. The number of carbonyl (C=O) groups is 1. The van der Waals surface area contributed by atoms with Gasteiger partial charge in [0.05, 0.1) is 11.3 Å². The lowest BCUT2D eigenvalue weighted by molar-refractivity contribution is -0.167. The van der Waals surface area contributed by atoms with Gasteiger partial charge in [0.2, 0.25) is 0 Å². The minimum atomic E-state index is -5.28. The molecule has 0 spiro atoms. The Morgan fingerprint density at radius 1 is 1.11 bits per heavy atom. The van der Waals surface area contributed by atoms with Crippen molar-refractivity contribution in [3.05, 3.63) is 28.0 Å². The molecule has 0 aliphatic heterocycles. The summed E-state index contributed by atoms with van der Waals surface area (Å²) in [6, 6.07) is 0.339. The molecule has 0 saturated heterocycles. The van der Waals surface area contributed by atoms with Crippen LogP contribution in [0.2, 0.25) is 0 Å². The van der Waals surface area contributed by atoms with Crippen LogP contribution in [-0.2, 0) is 11.0 Å². The van der Waals surface area contributed by atoms with E-state index in [1.165, 1.54) is 0 Å². The molecule has 0 aromatic heterocycles. The van der Waals surface area contributed by atoms with Crippen LogP contribution in [0.15, 0.2) is 16.6 Å². The maximum absolute atomic E-state index is 13.3. The molecule has 19 heavy (non-hydrogen) atoms. The number of rotatable bonds is 1. The van der Waals surface area contributed by atoms with Gasteiger partial charge in [0.15, 0.2) is 0 Å². The van der Waals surface area contributed by atoms with Crippen molar-refractivity contribution in [2.24, 2.45) is 0 Å². The molecule has 1 aromatic rings. The van der Waals surface area contributed by atoms with E-state index in [1.54, 1.807) is 0 Å². The van der Waals surface area contributed by atoms with Gasteiger partial charge in [0, 0.05) is 4.47 Å². The van der Waals surface area contributed by atoms with E-state index in [0.29, 0.717) is 6.07 Å². The first kappa shape index (κ1) is 15.7. The number of benzene rings is 1. The normalized spacial score (nSPS) is 12.4. The summed E-state index contributed by atoms with van der Waals surface area (Å²) in [5.74, 6) is -4.13. The summed E-state index contributed by atoms with van der Waals surface area (Å²) in [7, 11) is 0. The first-order valence-corrected chi connectivity index (χ1v) is 5.16. The summed E-state index contributed by atoms with van der Waals surface area (Å²) >= 11 is 2.46. The third-order valence-corrected chi connectivity index (χ3v) is 2.49. The molecule has 1 rings (SSSR count). The summed E-state index contributed by atoms with van der Waals surface area (Å²) in [6.45, 7) is 0. The number of amides is 1. The zero-order chi connectivity index (χ0) is 15.0. The van der Waals surface area contributed by atoms with Gasteiger partial charge >= 0.3 is 18.3 Å². The van der Waals surface area contributed by atoms with E-state index in [1.807, 2.05) is 0 Å². The number of hydrogen-bond donors (Lipinski definition) is 1. The minimum Gasteiger partial charge on any atom is -0.315 e. The molecule has 0 heterocycles. The van der Waals surface area contributed by atoms with E-state index in [0.717, 1.165) is 5.32 Å². The van der Waals surface area contributed by atoms with Crippen molar-refractivity contribution in [2.45, 2.75) is 12.4 Å². The van der Waals surface area contributed by atoms with Crippen molar-refractivity contribution in [3.8, 4) is 0 Å². The highest BCUT2D eigenvalue weighted by Gasteiger charge is 2.40. The summed E-state index contributed by atoms with van der Waals surface area (Å²) in [5, 5.41) is 1.14. The number of carbonyl (C=O) groups excluding carboxylic acids is 1. The average Bonchev–Trinajstić information content (AvgIpc) is 2.19. The summed E-state index contributed by atoms with van der Waals surface area (Å²) in [6.07, 6.45) is -10.1. The molecule has 0 radical (unpaired) electrons. The molecule has 0 aliphatic rings.